The van der Waals surface area contributed by atoms with Gasteiger partial charge in [0.05, 0.1) is 22.1 Å². The first-order chi connectivity index (χ1) is 27.7. The monoisotopic (exact) mass is 753 g/mol. The van der Waals surface area contributed by atoms with Gasteiger partial charge in [0.2, 0.25) is 5.71 Å². The van der Waals surface area contributed by atoms with Crippen LogP contribution >= 0.6 is 11.3 Å². The van der Waals surface area contributed by atoms with Crippen LogP contribution in [0.3, 0.4) is 0 Å². The van der Waals surface area contributed by atoms with Gasteiger partial charge < -0.3 is 8.98 Å². The predicted molar refractivity (Wildman–Crippen MR) is 240 cm³/mol. The Hall–Kier alpha value is -6.30. The summed E-state index contributed by atoms with van der Waals surface area (Å²) < 4.78 is 11.5. The molecule has 57 heavy (non-hydrogen) atoms. The Morgan fingerprint density at radius 3 is 2.14 bits per heavy atom. The lowest BCUT2D eigenvalue weighted by Gasteiger charge is -2.42. The van der Waals surface area contributed by atoms with E-state index in [9.17, 15) is 0 Å². The fraction of sp³-hybridized carbons (Fsp3) is 0.154. The second kappa shape index (κ2) is 11.6. The molecule has 11 aromatic rings. The average molecular weight is 754 g/mol. The van der Waals surface area contributed by atoms with Crippen LogP contribution in [0.2, 0.25) is 0 Å². The summed E-state index contributed by atoms with van der Waals surface area (Å²) in [7, 11) is 0. The quantitative estimate of drug-likeness (QED) is 0.180. The number of hydrogen-bond acceptors (Lipinski definition) is 4. The van der Waals surface area contributed by atoms with Crippen molar-refractivity contribution in [3.05, 3.63) is 151 Å². The number of rotatable bonds is 3. The third kappa shape index (κ3) is 4.79. The van der Waals surface area contributed by atoms with Crippen molar-refractivity contribution >= 4 is 86.2 Å². The number of benzene rings is 7. The largest absolute Gasteiger partial charge is 0.438 e. The van der Waals surface area contributed by atoms with Crippen LogP contribution in [-0.2, 0) is 10.8 Å². The highest BCUT2D eigenvalue weighted by Crippen LogP contribution is 2.49. The second-order valence-corrected chi connectivity index (χ2v) is 18.3. The van der Waals surface area contributed by atoms with E-state index in [0.717, 1.165) is 45.3 Å². The van der Waals surface area contributed by atoms with Gasteiger partial charge in [-0.1, -0.05) is 113 Å². The molecule has 0 bridgehead atoms. The zero-order valence-corrected chi connectivity index (χ0v) is 33.2. The van der Waals surface area contributed by atoms with E-state index in [1.54, 1.807) is 0 Å². The van der Waals surface area contributed by atoms with E-state index in [2.05, 4.69) is 160 Å². The van der Waals surface area contributed by atoms with Crippen LogP contribution in [0, 0.1) is 0 Å². The van der Waals surface area contributed by atoms with E-state index in [1.165, 1.54) is 70.3 Å². The lowest BCUT2D eigenvalue weighted by Crippen LogP contribution is -2.33. The van der Waals surface area contributed by atoms with E-state index in [-0.39, 0.29) is 10.8 Å². The normalized spacial score (nSPS) is 15.2. The molecule has 0 unspecified atom stereocenters. The van der Waals surface area contributed by atoms with Gasteiger partial charge in [0, 0.05) is 53.1 Å². The molecule has 0 aliphatic heterocycles. The molecule has 4 heterocycles. The molecule has 4 aromatic heterocycles. The van der Waals surface area contributed by atoms with Gasteiger partial charge in [0.25, 0.3) is 0 Å². The minimum absolute atomic E-state index is 0.0782. The molecule has 12 rings (SSSR count). The number of nitrogens with zero attached hydrogens (tertiary/aromatic N) is 3. The van der Waals surface area contributed by atoms with Crippen LogP contribution in [0.15, 0.2) is 144 Å². The molecule has 5 heteroatoms. The van der Waals surface area contributed by atoms with Gasteiger partial charge in [-0.15, -0.1) is 11.3 Å². The highest BCUT2D eigenvalue weighted by molar-refractivity contribution is 7.25. The van der Waals surface area contributed by atoms with E-state index < -0.39 is 0 Å². The number of furan rings is 1. The zero-order valence-electron chi connectivity index (χ0n) is 32.4. The van der Waals surface area contributed by atoms with Crippen molar-refractivity contribution in [2.24, 2.45) is 0 Å². The van der Waals surface area contributed by atoms with Crippen LogP contribution in [-0.4, -0.2) is 14.5 Å². The Labute approximate surface area is 334 Å². The fourth-order valence-corrected chi connectivity index (χ4v) is 10.8. The Morgan fingerprint density at radius 2 is 1.28 bits per heavy atom. The molecule has 1 aliphatic carbocycles. The van der Waals surface area contributed by atoms with Gasteiger partial charge in [0.1, 0.15) is 5.58 Å². The first-order valence-corrected chi connectivity index (χ1v) is 20.8. The highest BCUT2D eigenvalue weighted by atomic mass is 32.1. The maximum atomic E-state index is 6.51. The number of fused-ring (bicyclic) bond motifs is 12. The molecule has 0 fully saturated rings. The number of aromatic nitrogens is 3. The number of hydrogen-bond donors (Lipinski definition) is 0. The SMILES string of the molecule is CC1(C)CCC(C)(C)c2cc3c(cc21)c1c2ccccc2ccc1n3-c1cccc(-c2nc(-c3ccc4sc5ccccc5c4c3)c3c(n2)oc2ccccc23)c1. The molecule has 0 atom stereocenters. The van der Waals surface area contributed by atoms with Gasteiger partial charge in [-0.25, -0.2) is 4.98 Å². The summed E-state index contributed by atoms with van der Waals surface area (Å²) in [4.78, 5) is 10.6. The molecule has 4 nitrogen and oxygen atoms in total. The number of para-hydroxylation sites is 1. The first kappa shape index (κ1) is 32.9. The summed E-state index contributed by atoms with van der Waals surface area (Å²) in [6.07, 6.45) is 2.34. The minimum Gasteiger partial charge on any atom is -0.438 e. The zero-order chi connectivity index (χ0) is 38.2. The average Bonchev–Trinajstić information content (AvgIpc) is 3.91. The Kier molecular flexibility index (Phi) is 6.71. The third-order valence-electron chi connectivity index (χ3n) is 12.9. The molecule has 0 amide bonds. The molecule has 0 radical (unpaired) electrons. The standard InChI is InChI=1S/C52H39N3OS/c1-51(2)24-25-52(3,4)40-29-42-38(28-39(40)51)46-34-15-6-5-12-30(34)20-22-41(46)55(42)33-14-11-13-32(26-33)49-53-48(47-36-17-7-9-18-43(36)56-50(47)54-49)31-21-23-45-37(27-31)35-16-8-10-19-44(35)57-45/h5-23,26-29H,24-25H2,1-4H3. The van der Waals surface area contributed by atoms with Gasteiger partial charge in [-0.3, -0.25) is 0 Å². The summed E-state index contributed by atoms with van der Waals surface area (Å²) in [5.74, 6) is 0.639. The van der Waals surface area contributed by atoms with E-state index in [1.807, 2.05) is 23.5 Å². The fourth-order valence-electron chi connectivity index (χ4n) is 9.74. The summed E-state index contributed by atoms with van der Waals surface area (Å²) in [6.45, 7) is 9.66. The minimum atomic E-state index is 0.0782. The third-order valence-corrected chi connectivity index (χ3v) is 14.0. The molecule has 0 N–H and O–H groups in total. The van der Waals surface area contributed by atoms with Crippen LogP contribution in [0.1, 0.15) is 51.7 Å². The molecule has 274 valence electrons. The van der Waals surface area contributed by atoms with Gasteiger partial charge in [-0.2, -0.15) is 4.98 Å². The highest BCUT2D eigenvalue weighted by Gasteiger charge is 2.38. The van der Waals surface area contributed by atoms with Crippen molar-refractivity contribution in [1.82, 2.24) is 14.5 Å². The maximum absolute atomic E-state index is 6.51. The van der Waals surface area contributed by atoms with Crippen molar-refractivity contribution in [1.29, 1.82) is 0 Å². The first-order valence-electron chi connectivity index (χ1n) is 19.9. The molecular weight excluding hydrogens is 715 g/mol. The van der Waals surface area contributed by atoms with Crippen LogP contribution in [0.25, 0.3) is 103 Å². The lowest BCUT2D eigenvalue weighted by atomic mass is 9.63. The summed E-state index contributed by atoms with van der Waals surface area (Å²) in [5.41, 5.74) is 10.9. The van der Waals surface area contributed by atoms with Crippen LogP contribution < -0.4 is 0 Å². The molecule has 1 aliphatic rings. The maximum Gasteiger partial charge on any atom is 0.231 e. The Bertz CT molecular complexity index is 3490. The summed E-state index contributed by atoms with van der Waals surface area (Å²) in [5, 5.41) is 9.60. The van der Waals surface area contributed by atoms with E-state index in [0.29, 0.717) is 11.5 Å². The van der Waals surface area contributed by atoms with Crippen LogP contribution in [0.4, 0.5) is 0 Å². The predicted octanol–water partition coefficient (Wildman–Crippen LogP) is 14.7. The molecule has 0 saturated heterocycles. The summed E-state index contributed by atoms with van der Waals surface area (Å²) >= 11 is 1.83. The molecular formula is C52H39N3OS. The van der Waals surface area contributed by atoms with E-state index in [4.69, 9.17) is 14.4 Å². The molecule has 0 spiro atoms. The van der Waals surface area contributed by atoms with Crippen molar-refractivity contribution in [2.75, 3.05) is 0 Å². The molecule has 7 aromatic carbocycles. The van der Waals surface area contributed by atoms with Crippen molar-refractivity contribution < 1.29 is 4.42 Å². The Balaban J connectivity index is 1.11. The van der Waals surface area contributed by atoms with Crippen molar-refractivity contribution in [3.63, 3.8) is 0 Å². The second-order valence-electron chi connectivity index (χ2n) is 17.2. The van der Waals surface area contributed by atoms with Gasteiger partial charge in [-0.05, 0) is 100 Å². The molecule has 0 saturated carbocycles. The smallest absolute Gasteiger partial charge is 0.231 e. The summed E-state index contributed by atoms with van der Waals surface area (Å²) in [6, 6.07) is 50.7. The number of thiophene rings is 1. The van der Waals surface area contributed by atoms with Crippen molar-refractivity contribution in [2.45, 2.75) is 51.4 Å². The van der Waals surface area contributed by atoms with Crippen LogP contribution in [0.5, 0.6) is 0 Å². The van der Waals surface area contributed by atoms with E-state index >= 15 is 0 Å². The van der Waals surface area contributed by atoms with Gasteiger partial charge in [0.15, 0.2) is 5.82 Å². The Morgan fingerprint density at radius 1 is 0.544 bits per heavy atom. The van der Waals surface area contributed by atoms with Crippen molar-refractivity contribution in [3.8, 4) is 28.3 Å². The topological polar surface area (TPSA) is 43.9 Å². The van der Waals surface area contributed by atoms with Gasteiger partial charge >= 0.3 is 0 Å². The lowest BCUT2D eigenvalue weighted by molar-refractivity contribution is 0.332.